The number of hydrogen-bond acceptors (Lipinski definition) is 6. The smallest absolute Gasteiger partial charge is 0.223 e. The van der Waals surface area contributed by atoms with Crippen molar-refractivity contribution in [2.75, 3.05) is 25.0 Å². The molecule has 0 aliphatic carbocycles. The number of aromatic nitrogens is 2. The number of hydrogen-bond donors (Lipinski definition) is 1. The number of Topliss-reactive ketones (excluding diaryl/α,β-unsaturated/α-hetero) is 1. The van der Waals surface area contributed by atoms with Gasteiger partial charge in [0.25, 0.3) is 0 Å². The summed E-state index contributed by atoms with van der Waals surface area (Å²) in [6.07, 6.45) is 2.67. The van der Waals surface area contributed by atoms with E-state index >= 15 is 0 Å². The number of ketones is 1. The molecule has 2 aromatic rings. The van der Waals surface area contributed by atoms with Crippen LogP contribution in [-0.4, -0.2) is 52.4 Å². The van der Waals surface area contributed by atoms with Crippen molar-refractivity contribution in [1.82, 2.24) is 14.9 Å². The first kappa shape index (κ1) is 18.3. The average Bonchev–Trinajstić information content (AvgIpc) is 3.03. The van der Waals surface area contributed by atoms with Gasteiger partial charge in [-0.2, -0.15) is 0 Å². The van der Waals surface area contributed by atoms with Gasteiger partial charge in [-0.1, -0.05) is 23.7 Å². The van der Waals surface area contributed by atoms with Crippen LogP contribution in [-0.2, 0) is 4.74 Å². The van der Waals surface area contributed by atoms with E-state index in [1.807, 2.05) is 31.2 Å². The first-order valence-corrected chi connectivity index (χ1v) is 9.59. The van der Waals surface area contributed by atoms with Crippen LogP contribution < -0.4 is 5.32 Å². The van der Waals surface area contributed by atoms with Gasteiger partial charge in [0.15, 0.2) is 5.78 Å². The van der Waals surface area contributed by atoms with Crippen LogP contribution >= 0.6 is 11.6 Å². The van der Waals surface area contributed by atoms with E-state index in [4.69, 9.17) is 16.3 Å². The number of fused-ring (bicyclic) bond motifs is 1. The Labute approximate surface area is 163 Å². The van der Waals surface area contributed by atoms with Crippen molar-refractivity contribution in [2.24, 2.45) is 0 Å². The molecule has 0 unspecified atom stereocenters. The van der Waals surface area contributed by atoms with Crippen molar-refractivity contribution in [3.8, 4) is 0 Å². The van der Waals surface area contributed by atoms with Crippen LogP contribution in [0.5, 0.6) is 0 Å². The molecule has 0 amide bonds. The highest BCUT2D eigenvalue weighted by Gasteiger charge is 2.38. The van der Waals surface area contributed by atoms with Gasteiger partial charge in [-0.3, -0.25) is 9.69 Å². The fourth-order valence-electron chi connectivity index (χ4n) is 3.92. The predicted octanol–water partition coefficient (Wildman–Crippen LogP) is 3.27. The molecular weight excluding hydrogens is 364 g/mol. The Balaban J connectivity index is 1.39. The molecule has 3 atom stereocenters. The number of benzene rings is 1. The van der Waals surface area contributed by atoms with E-state index in [1.54, 1.807) is 6.20 Å². The number of nitrogens with one attached hydrogen (secondary N) is 1. The second-order valence-corrected chi connectivity index (χ2v) is 7.74. The molecule has 1 aromatic carbocycles. The van der Waals surface area contributed by atoms with Crippen LogP contribution in [0.3, 0.4) is 0 Å². The highest BCUT2D eigenvalue weighted by Crippen LogP contribution is 2.31. The van der Waals surface area contributed by atoms with Gasteiger partial charge in [0.1, 0.15) is 0 Å². The van der Waals surface area contributed by atoms with E-state index in [1.165, 1.54) is 6.92 Å². The summed E-state index contributed by atoms with van der Waals surface area (Å²) in [5, 5.41) is 4.16. The molecule has 27 heavy (non-hydrogen) atoms. The normalized spacial score (nSPS) is 25.2. The lowest BCUT2D eigenvalue weighted by Crippen LogP contribution is -2.42. The van der Waals surface area contributed by atoms with E-state index in [0.29, 0.717) is 29.9 Å². The van der Waals surface area contributed by atoms with Crippen LogP contribution in [0.25, 0.3) is 0 Å². The van der Waals surface area contributed by atoms with Gasteiger partial charge >= 0.3 is 0 Å². The maximum Gasteiger partial charge on any atom is 0.223 e. The molecule has 7 heteroatoms. The minimum Gasteiger partial charge on any atom is -0.371 e. The monoisotopic (exact) mass is 386 g/mol. The van der Waals surface area contributed by atoms with Crippen molar-refractivity contribution in [3.05, 3.63) is 52.3 Å². The van der Waals surface area contributed by atoms with Crippen LogP contribution in [0.1, 0.15) is 41.1 Å². The Kier molecular flexibility index (Phi) is 5.12. The number of carbonyl (C=O) groups is 1. The molecule has 0 bridgehead atoms. The SMILES string of the molecule is CC(=O)c1cnc(N[C@H]2C[C@H]3CO[C@@H](c4ccc(Cl)cc4)CN3C2)nc1C. The van der Waals surface area contributed by atoms with E-state index in [2.05, 4.69) is 20.2 Å². The molecule has 2 aliphatic rings. The summed E-state index contributed by atoms with van der Waals surface area (Å²) >= 11 is 5.98. The van der Waals surface area contributed by atoms with Crippen LogP contribution in [0.15, 0.2) is 30.5 Å². The molecule has 1 aromatic heterocycles. The minimum absolute atomic E-state index is 0.0116. The number of morpholine rings is 1. The van der Waals surface area contributed by atoms with Crippen LogP contribution in [0.2, 0.25) is 5.02 Å². The molecule has 2 aliphatic heterocycles. The third-order valence-electron chi connectivity index (χ3n) is 5.35. The first-order valence-electron chi connectivity index (χ1n) is 9.22. The number of ether oxygens (including phenoxy) is 1. The van der Waals surface area contributed by atoms with Gasteiger partial charge in [-0.15, -0.1) is 0 Å². The number of aryl methyl sites for hydroxylation is 1. The second kappa shape index (κ2) is 7.54. The molecule has 0 radical (unpaired) electrons. The highest BCUT2D eigenvalue weighted by atomic mass is 35.5. The van der Waals surface area contributed by atoms with Crippen molar-refractivity contribution >= 4 is 23.3 Å². The number of rotatable bonds is 4. The summed E-state index contributed by atoms with van der Waals surface area (Å²) < 4.78 is 6.10. The summed E-state index contributed by atoms with van der Waals surface area (Å²) in [5.41, 5.74) is 2.44. The summed E-state index contributed by atoms with van der Waals surface area (Å²) in [5.74, 6) is 0.569. The fourth-order valence-corrected chi connectivity index (χ4v) is 4.05. The van der Waals surface area contributed by atoms with E-state index in [9.17, 15) is 4.79 Å². The molecule has 142 valence electrons. The average molecular weight is 387 g/mol. The molecule has 6 nitrogen and oxygen atoms in total. The molecule has 3 heterocycles. The van der Waals surface area contributed by atoms with Crippen molar-refractivity contribution in [3.63, 3.8) is 0 Å². The first-order chi connectivity index (χ1) is 13.0. The molecular formula is C20H23ClN4O2. The van der Waals surface area contributed by atoms with Gasteiger partial charge in [0.05, 0.1) is 24.0 Å². The quantitative estimate of drug-likeness (QED) is 0.813. The largest absolute Gasteiger partial charge is 0.371 e. The van der Waals surface area contributed by atoms with Gasteiger partial charge in [-0.05, 0) is 38.0 Å². The zero-order chi connectivity index (χ0) is 19.0. The third-order valence-corrected chi connectivity index (χ3v) is 5.60. The number of carbonyl (C=O) groups excluding carboxylic acids is 1. The maximum absolute atomic E-state index is 11.5. The molecule has 0 spiro atoms. The Hall–Kier alpha value is -2.02. The molecule has 0 saturated carbocycles. The van der Waals surface area contributed by atoms with Gasteiger partial charge in [0.2, 0.25) is 5.95 Å². The van der Waals surface area contributed by atoms with Crippen LogP contribution in [0.4, 0.5) is 5.95 Å². The zero-order valence-corrected chi connectivity index (χ0v) is 16.2. The molecule has 2 saturated heterocycles. The van der Waals surface area contributed by atoms with Gasteiger partial charge in [-0.25, -0.2) is 9.97 Å². The Morgan fingerprint density at radius 1 is 1.30 bits per heavy atom. The highest BCUT2D eigenvalue weighted by molar-refractivity contribution is 6.30. The second-order valence-electron chi connectivity index (χ2n) is 7.31. The van der Waals surface area contributed by atoms with E-state index in [0.717, 1.165) is 30.1 Å². The molecule has 4 rings (SSSR count). The lowest BCUT2D eigenvalue weighted by Gasteiger charge is -2.35. The van der Waals surface area contributed by atoms with Crippen molar-refractivity contribution < 1.29 is 9.53 Å². The van der Waals surface area contributed by atoms with Crippen LogP contribution in [0, 0.1) is 6.92 Å². The summed E-state index contributed by atoms with van der Waals surface area (Å²) in [7, 11) is 0. The number of nitrogens with zero attached hydrogens (tertiary/aromatic N) is 3. The summed E-state index contributed by atoms with van der Waals surface area (Å²) in [4.78, 5) is 22.7. The Bertz CT molecular complexity index is 842. The van der Waals surface area contributed by atoms with Crippen molar-refractivity contribution in [2.45, 2.75) is 38.5 Å². The zero-order valence-electron chi connectivity index (χ0n) is 15.5. The van der Waals surface area contributed by atoms with Crippen molar-refractivity contribution in [1.29, 1.82) is 0 Å². The van der Waals surface area contributed by atoms with E-state index in [-0.39, 0.29) is 17.9 Å². The van der Waals surface area contributed by atoms with Gasteiger partial charge < -0.3 is 10.1 Å². The maximum atomic E-state index is 11.5. The minimum atomic E-state index is -0.0116. The number of halogens is 1. The topological polar surface area (TPSA) is 67.3 Å². The molecule has 2 fully saturated rings. The summed E-state index contributed by atoms with van der Waals surface area (Å²) in [6, 6.07) is 8.56. The van der Waals surface area contributed by atoms with E-state index < -0.39 is 0 Å². The lowest BCUT2D eigenvalue weighted by atomic mass is 10.1. The molecule has 1 N–H and O–H groups in total. The standard InChI is InChI=1S/C20H23ClN4O2/c1-12-18(13(2)26)8-22-20(23-12)24-16-7-17-11-27-19(10-25(17)9-16)14-3-5-15(21)6-4-14/h3-6,8,16-17,19H,7,9-11H2,1-2H3,(H,22,23,24)/t16-,17-,19+/m0/s1. The fraction of sp³-hybridized carbons (Fsp3) is 0.450. The third kappa shape index (κ3) is 3.98. The predicted molar refractivity (Wildman–Crippen MR) is 104 cm³/mol. The Morgan fingerprint density at radius 3 is 2.78 bits per heavy atom. The summed E-state index contributed by atoms with van der Waals surface area (Å²) in [6.45, 7) is 5.88. The number of anilines is 1. The van der Waals surface area contributed by atoms with Gasteiger partial charge in [0, 0.05) is 36.4 Å². The lowest BCUT2D eigenvalue weighted by molar-refractivity contribution is -0.0501. The Morgan fingerprint density at radius 2 is 2.07 bits per heavy atom.